The van der Waals surface area contributed by atoms with Crippen molar-refractivity contribution in [2.45, 2.75) is 27.2 Å². The molecule has 0 spiro atoms. The van der Waals surface area contributed by atoms with Crippen LogP contribution in [-0.2, 0) is 6.42 Å². The maximum Gasteiger partial charge on any atom is 0.228 e. The number of aromatic nitrogens is 3. The van der Waals surface area contributed by atoms with Crippen molar-refractivity contribution < 1.29 is 0 Å². The lowest BCUT2D eigenvalue weighted by Crippen LogP contribution is -2.20. The molecule has 1 aromatic heterocycles. The molecule has 0 saturated carbocycles. The number of nitrogens with zero attached hydrogens (tertiary/aromatic N) is 4. The lowest BCUT2D eigenvalue weighted by Gasteiger charge is -2.14. The van der Waals surface area contributed by atoms with Crippen molar-refractivity contribution >= 4 is 5.95 Å². The fourth-order valence-corrected chi connectivity index (χ4v) is 0.992. The maximum atomic E-state index is 4.33. The summed E-state index contributed by atoms with van der Waals surface area (Å²) in [6.45, 7) is 6.93. The van der Waals surface area contributed by atoms with E-state index in [0.29, 0.717) is 0 Å². The van der Waals surface area contributed by atoms with Gasteiger partial charge in [0.2, 0.25) is 5.95 Å². The lowest BCUT2D eigenvalue weighted by molar-refractivity contribution is 0.813. The third-order valence-corrected chi connectivity index (χ3v) is 1.91. The minimum atomic E-state index is 0.770. The lowest BCUT2D eigenvalue weighted by atomic mass is 10.4. The van der Waals surface area contributed by atoms with Gasteiger partial charge in [-0.05, 0) is 13.8 Å². The molecule has 0 aliphatic heterocycles. The minimum Gasteiger partial charge on any atom is -0.344 e. The van der Waals surface area contributed by atoms with E-state index in [-0.39, 0.29) is 0 Å². The van der Waals surface area contributed by atoms with Gasteiger partial charge < -0.3 is 4.90 Å². The van der Waals surface area contributed by atoms with E-state index in [1.165, 1.54) is 0 Å². The Morgan fingerprint density at radius 1 is 1.15 bits per heavy atom. The summed E-state index contributed by atoms with van der Waals surface area (Å²) in [4.78, 5) is 14.8. The van der Waals surface area contributed by atoms with E-state index in [1.807, 2.05) is 25.8 Å². The van der Waals surface area contributed by atoms with Gasteiger partial charge in [0.15, 0.2) is 0 Å². The number of rotatable bonds is 3. The van der Waals surface area contributed by atoms with Crippen molar-refractivity contribution in [3.63, 3.8) is 0 Å². The van der Waals surface area contributed by atoms with Crippen molar-refractivity contribution in [2.24, 2.45) is 0 Å². The first-order valence-corrected chi connectivity index (χ1v) is 4.60. The normalized spacial score (nSPS) is 10.2. The quantitative estimate of drug-likeness (QED) is 0.701. The zero-order valence-corrected chi connectivity index (χ0v) is 8.70. The molecule has 0 amide bonds. The molecule has 0 aliphatic carbocycles. The Hall–Kier alpha value is -1.19. The summed E-state index contributed by atoms with van der Waals surface area (Å²) in [5.41, 5.74) is 0. The third-order valence-electron chi connectivity index (χ3n) is 1.91. The molecule has 0 aromatic carbocycles. The Labute approximate surface area is 79.0 Å². The van der Waals surface area contributed by atoms with Crippen LogP contribution in [0.15, 0.2) is 0 Å². The van der Waals surface area contributed by atoms with Crippen LogP contribution in [0.1, 0.15) is 25.5 Å². The zero-order valence-electron chi connectivity index (χ0n) is 8.70. The van der Waals surface area contributed by atoms with Crippen LogP contribution < -0.4 is 4.90 Å². The summed E-state index contributed by atoms with van der Waals surface area (Å²) in [5, 5.41) is 0. The first kappa shape index (κ1) is 9.89. The van der Waals surface area contributed by atoms with Gasteiger partial charge in [0.05, 0.1) is 0 Å². The van der Waals surface area contributed by atoms with Crippen molar-refractivity contribution in [1.82, 2.24) is 15.0 Å². The van der Waals surface area contributed by atoms with Crippen molar-refractivity contribution in [1.29, 1.82) is 0 Å². The van der Waals surface area contributed by atoms with Crippen LogP contribution in [0.2, 0.25) is 0 Å². The summed E-state index contributed by atoms with van der Waals surface area (Å²) in [7, 11) is 1.98. The van der Waals surface area contributed by atoms with Crippen LogP contribution in [0.5, 0.6) is 0 Å². The molecule has 0 bridgehead atoms. The monoisotopic (exact) mass is 180 g/mol. The summed E-state index contributed by atoms with van der Waals surface area (Å²) in [5.74, 6) is 2.43. The van der Waals surface area contributed by atoms with Gasteiger partial charge in [-0.2, -0.15) is 9.97 Å². The second kappa shape index (κ2) is 4.16. The first-order valence-electron chi connectivity index (χ1n) is 4.60. The largest absolute Gasteiger partial charge is 0.344 e. The molecule has 0 N–H and O–H groups in total. The van der Waals surface area contributed by atoms with E-state index < -0.39 is 0 Å². The van der Waals surface area contributed by atoms with Gasteiger partial charge in [0.25, 0.3) is 0 Å². The highest BCUT2D eigenvalue weighted by Gasteiger charge is 2.04. The van der Waals surface area contributed by atoms with E-state index in [9.17, 15) is 0 Å². The molecule has 1 heterocycles. The smallest absolute Gasteiger partial charge is 0.228 e. The molecule has 0 unspecified atom stereocenters. The van der Waals surface area contributed by atoms with E-state index in [4.69, 9.17) is 0 Å². The van der Waals surface area contributed by atoms with Gasteiger partial charge in [-0.3, -0.25) is 0 Å². The Morgan fingerprint density at radius 2 is 1.85 bits per heavy atom. The molecular weight excluding hydrogens is 164 g/mol. The highest BCUT2D eigenvalue weighted by atomic mass is 15.2. The van der Waals surface area contributed by atoms with Gasteiger partial charge in [0, 0.05) is 20.0 Å². The molecular formula is C9H16N4. The summed E-state index contributed by atoms with van der Waals surface area (Å²) in [6.07, 6.45) is 0.855. The topological polar surface area (TPSA) is 41.9 Å². The molecule has 0 radical (unpaired) electrons. The Morgan fingerprint density at radius 3 is 2.38 bits per heavy atom. The number of aryl methyl sites for hydroxylation is 2. The van der Waals surface area contributed by atoms with Gasteiger partial charge in [-0.1, -0.05) is 6.92 Å². The van der Waals surface area contributed by atoms with Crippen molar-refractivity contribution in [3.05, 3.63) is 11.6 Å². The standard InChI is InChI=1S/C9H16N4/c1-5-8-10-7(3)11-9(12-8)13(4)6-2/h5-6H2,1-4H3. The number of hydrogen-bond donors (Lipinski definition) is 0. The Bertz CT molecular complexity index is 285. The zero-order chi connectivity index (χ0) is 9.84. The SMILES string of the molecule is CCc1nc(C)nc(N(C)CC)n1. The molecule has 72 valence electrons. The molecule has 13 heavy (non-hydrogen) atoms. The second-order valence-corrected chi connectivity index (χ2v) is 2.97. The van der Waals surface area contributed by atoms with Crippen LogP contribution in [0.4, 0.5) is 5.95 Å². The van der Waals surface area contributed by atoms with E-state index in [1.54, 1.807) is 0 Å². The average Bonchev–Trinajstić information content (AvgIpc) is 2.15. The van der Waals surface area contributed by atoms with Crippen molar-refractivity contribution in [2.75, 3.05) is 18.5 Å². The van der Waals surface area contributed by atoms with Crippen LogP contribution in [0.25, 0.3) is 0 Å². The van der Waals surface area contributed by atoms with E-state index in [0.717, 1.165) is 30.6 Å². The van der Waals surface area contributed by atoms with Crippen LogP contribution in [-0.4, -0.2) is 28.5 Å². The highest BCUT2D eigenvalue weighted by molar-refractivity contribution is 5.27. The van der Waals surface area contributed by atoms with Crippen LogP contribution >= 0.6 is 0 Å². The Balaban J connectivity index is 3.01. The van der Waals surface area contributed by atoms with Crippen LogP contribution in [0.3, 0.4) is 0 Å². The van der Waals surface area contributed by atoms with Gasteiger partial charge in [-0.25, -0.2) is 4.98 Å². The summed E-state index contributed by atoms with van der Waals surface area (Å²) < 4.78 is 0. The fraction of sp³-hybridized carbons (Fsp3) is 0.667. The molecule has 0 saturated heterocycles. The average molecular weight is 180 g/mol. The predicted molar refractivity (Wildman–Crippen MR) is 52.9 cm³/mol. The van der Waals surface area contributed by atoms with Crippen molar-refractivity contribution in [3.8, 4) is 0 Å². The highest BCUT2D eigenvalue weighted by Crippen LogP contribution is 2.05. The first-order chi connectivity index (χ1) is 6.17. The molecule has 4 nitrogen and oxygen atoms in total. The predicted octanol–water partition coefficient (Wildman–Crippen LogP) is 1.20. The van der Waals surface area contributed by atoms with Gasteiger partial charge in [-0.15, -0.1) is 0 Å². The molecule has 0 atom stereocenters. The number of anilines is 1. The number of hydrogen-bond acceptors (Lipinski definition) is 4. The molecule has 1 rings (SSSR count). The summed E-state index contributed by atoms with van der Waals surface area (Å²) >= 11 is 0. The van der Waals surface area contributed by atoms with Gasteiger partial charge >= 0.3 is 0 Å². The van der Waals surface area contributed by atoms with E-state index in [2.05, 4.69) is 21.9 Å². The van der Waals surface area contributed by atoms with Crippen LogP contribution in [0, 0.1) is 6.92 Å². The third kappa shape index (κ3) is 2.37. The molecule has 1 aromatic rings. The van der Waals surface area contributed by atoms with Gasteiger partial charge in [0.1, 0.15) is 11.6 Å². The molecule has 0 aliphatic rings. The molecule has 0 fully saturated rings. The van der Waals surface area contributed by atoms with E-state index >= 15 is 0 Å². The Kier molecular flexibility index (Phi) is 3.17. The fourth-order valence-electron chi connectivity index (χ4n) is 0.992. The molecule has 4 heteroatoms. The minimum absolute atomic E-state index is 0.770. The second-order valence-electron chi connectivity index (χ2n) is 2.97. The maximum absolute atomic E-state index is 4.33. The summed E-state index contributed by atoms with van der Waals surface area (Å²) in [6, 6.07) is 0.